The van der Waals surface area contributed by atoms with Gasteiger partial charge in [-0.15, -0.1) is 0 Å². The molecular weight excluding hydrogens is 282 g/mol. The topological polar surface area (TPSA) is 35.2 Å². The van der Waals surface area contributed by atoms with Gasteiger partial charge in [0.2, 0.25) is 0 Å². The van der Waals surface area contributed by atoms with Crippen LogP contribution in [0.3, 0.4) is 0 Å². The Labute approximate surface area is 134 Å². The summed E-state index contributed by atoms with van der Waals surface area (Å²) in [7, 11) is 1.68. The molecule has 1 aliphatic rings. The van der Waals surface area contributed by atoms with Gasteiger partial charge in [0, 0.05) is 11.5 Å². The number of fused-ring (bicyclic) bond motifs is 1. The average Bonchev–Trinajstić information content (AvgIpc) is 2.48. The lowest BCUT2D eigenvalue weighted by Crippen LogP contribution is -2.52. The molecule has 0 fully saturated rings. The van der Waals surface area contributed by atoms with Gasteiger partial charge in [0.15, 0.2) is 0 Å². The monoisotopic (exact) mass is 309 g/mol. The summed E-state index contributed by atoms with van der Waals surface area (Å²) in [4.78, 5) is 0. The molecule has 3 heteroatoms. The predicted molar refractivity (Wildman–Crippen MR) is 90.3 cm³/mol. The molecule has 0 spiro atoms. The van der Waals surface area contributed by atoms with Gasteiger partial charge in [-0.25, -0.2) is 0 Å². The van der Waals surface area contributed by atoms with Crippen molar-refractivity contribution in [1.82, 2.24) is 0 Å². The van der Waals surface area contributed by atoms with Gasteiger partial charge in [0.1, 0.15) is 5.75 Å². The van der Waals surface area contributed by atoms with E-state index in [4.69, 9.17) is 22.1 Å². The molecule has 0 saturated heterocycles. The van der Waals surface area contributed by atoms with Gasteiger partial charge in [-0.2, -0.15) is 0 Å². The van der Waals surface area contributed by atoms with Gasteiger partial charge >= 0.3 is 0 Å². The number of benzene rings is 1. The fourth-order valence-corrected chi connectivity index (χ4v) is 4.07. The molecule has 2 N–H and O–H groups in total. The van der Waals surface area contributed by atoms with Crippen LogP contribution >= 0.6 is 11.6 Å². The number of halogens is 1. The summed E-state index contributed by atoms with van der Waals surface area (Å²) in [6, 6.07) is 4.42. The van der Waals surface area contributed by atoms with Crippen LogP contribution in [0.4, 0.5) is 0 Å². The Morgan fingerprint density at radius 3 is 2.67 bits per heavy atom. The smallest absolute Gasteiger partial charge is 0.137 e. The van der Waals surface area contributed by atoms with Crippen molar-refractivity contribution in [1.29, 1.82) is 0 Å². The first kappa shape index (κ1) is 16.6. The van der Waals surface area contributed by atoms with Gasteiger partial charge in [0.25, 0.3) is 0 Å². The highest BCUT2D eigenvalue weighted by Crippen LogP contribution is 2.46. The lowest BCUT2D eigenvalue weighted by atomic mass is 9.61. The van der Waals surface area contributed by atoms with Crippen molar-refractivity contribution in [2.24, 2.45) is 11.7 Å². The average molecular weight is 310 g/mol. The maximum atomic E-state index is 6.68. The summed E-state index contributed by atoms with van der Waals surface area (Å²) in [5, 5.41) is 0.708. The van der Waals surface area contributed by atoms with Crippen LogP contribution in [0, 0.1) is 5.92 Å². The summed E-state index contributed by atoms with van der Waals surface area (Å²) >= 11 is 6.33. The standard InChI is InChI=1S/C18H28ClNO/c1-5-7-8-18(3)14-11-16(21-4)15(19)10-13(14)9-12(6-2)17(18)20/h10-12,17H,5-9,20H2,1-4H3. The molecular formula is C18H28ClNO. The molecule has 0 saturated carbocycles. The minimum Gasteiger partial charge on any atom is -0.495 e. The maximum Gasteiger partial charge on any atom is 0.137 e. The third kappa shape index (κ3) is 2.93. The first-order valence-corrected chi connectivity index (χ1v) is 8.48. The Bertz CT molecular complexity index is 502. The maximum absolute atomic E-state index is 6.68. The van der Waals surface area contributed by atoms with Gasteiger partial charge in [-0.3, -0.25) is 0 Å². The second-order valence-corrected chi connectivity index (χ2v) is 6.97. The molecule has 0 aromatic heterocycles. The van der Waals surface area contributed by atoms with Crippen molar-refractivity contribution in [2.45, 2.75) is 64.3 Å². The Morgan fingerprint density at radius 1 is 1.38 bits per heavy atom. The summed E-state index contributed by atoms with van der Waals surface area (Å²) in [5.74, 6) is 1.30. The van der Waals surface area contributed by atoms with Crippen LogP contribution in [0.2, 0.25) is 5.02 Å². The second-order valence-electron chi connectivity index (χ2n) is 6.56. The number of hydrogen-bond donors (Lipinski definition) is 1. The molecule has 0 amide bonds. The Balaban J connectivity index is 2.53. The Morgan fingerprint density at radius 2 is 2.10 bits per heavy atom. The van der Waals surface area contributed by atoms with Crippen LogP contribution in [0.1, 0.15) is 57.6 Å². The zero-order valence-corrected chi connectivity index (χ0v) is 14.5. The van der Waals surface area contributed by atoms with E-state index in [0.717, 1.165) is 25.0 Å². The van der Waals surface area contributed by atoms with E-state index in [2.05, 4.69) is 32.9 Å². The van der Waals surface area contributed by atoms with E-state index in [1.54, 1.807) is 7.11 Å². The summed E-state index contributed by atoms with van der Waals surface area (Å²) in [5.41, 5.74) is 9.39. The van der Waals surface area contributed by atoms with Gasteiger partial charge in [-0.1, -0.05) is 51.6 Å². The van der Waals surface area contributed by atoms with Crippen molar-refractivity contribution in [3.8, 4) is 5.75 Å². The van der Waals surface area contributed by atoms with Crippen LogP contribution in [0.5, 0.6) is 5.75 Å². The molecule has 1 aromatic rings. The fraction of sp³-hybridized carbons (Fsp3) is 0.667. The summed E-state index contributed by atoms with van der Waals surface area (Å²) in [6.07, 6.45) is 5.66. The largest absolute Gasteiger partial charge is 0.495 e. The number of unbranched alkanes of at least 4 members (excludes halogenated alkanes) is 1. The van der Waals surface area contributed by atoms with Gasteiger partial charge in [0.05, 0.1) is 12.1 Å². The van der Waals surface area contributed by atoms with Crippen molar-refractivity contribution in [3.63, 3.8) is 0 Å². The zero-order chi connectivity index (χ0) is 15.6. The van der Waals surface area contributed by atoms with Crippen LogP contribution < -0.4 is 10.5 Å². The van der Waals surface area contributed by atoms with Crippen molar-refractivity contribution in [2.75, 3.05) is 7.11 Å². The highest BCUT2D eigenvalue weighted by Gasteiger charge is 2.42. The SMILES string of the molecule is CCCCC1(C)c2cc(OC)c(Cl)cc2CC(CC)C1N. The highest BCUT2D eigenvalue weighted by atomic mass is 35.5. The summed E-state index contributed by atoms with van der Waals surface area (Å²) in [6.45, 7) is 6.79. The van der Waals surface area contributed by atoms with Crippen molar-refractivity contribution < 1.29 is 4.74 Å². The molecule has 0 radical (unpaired) electrons. The van der Waals surface area contributed by atoms with E-state index in [-0.39, 0.29) is 11.5 Å². The molecule has 3 unspecified atom stereocenters. The van der Waals surface area contributed by atoms with E-state index >= 15 is 0 Å². The highest BCUT2D eigenvalue weighted by molar-refractivity contribution is 6.32. The number of hydrogen-bond acceptors (Lipinski definition) is 2. The Hall–Kier alpha value is -0.730. The van der Waals surface area contributed by atoms with Crippen LogP contribution in [0.15, 0.2) is 12.1 Å². The van der Waals surface area contributed by atoms with Crippen molar-refractivity contribution in [3.05, 3.63) is 28.3 Å². The number of ether oxygens (including phenoxy) is 1. The van der Waals surface area contributed by atoms with E-state index < -0.39 is 0 Å². The molecule has 1 aliphatic carbocycles. The lowest BCUT2D eigenvalue weighted by molar-refractivity contribution is 0.227. The first-order valence-electron chi connectivity index (χ1n) is 8.10. The van der Waals surface area contributed by atoms with Crippen LogP contribution in [-0.2, 0) is 11.8 Å². The van der Waals surface area contributed by atoms with E-state index in [1.165, 1.54) is 24.0 Å². The third-order valence-electron chi connectivity index (χ3n) is 5.29. The molecule has 21 heavy (non-hydrogen) atoms. The van der Waals surface area contributed by atoms with Gasteiger partial charge in [-0.05, 0) is 42.0 Å². The minimum absolute atomic E-state index is 0.0160. The minimum atomic E-state index is 0.0160. The molecule has 0 aliphatic heterocycles. The molecule has 2 nitrogen and oxygen atoms in total. The lowest BCUT2D eigenvalue weighted by Gasteiger charge is -2.46. The fourth-order valence-electron chi connectivity index (χ4n) is 3.80. The number of rotatable bonds is 5. The number of methoxy groups -OCH3 is 1. The first-order chi connectivity index (χ1) is 9.97. The van der Waals surface area contributed by atoms with Gasteiger partial charge < -0.3 is 10.5 Å². The quantitative estimate of drug-likeness (QED) is 0.855. The number of nitrogens with two attached hydrogens (primary N) is 1. The third-order valence-corrected chi connectivity index (χ3v) is 5.59. The predicted octanol–water partition coefficient (Wildman–Crippen LogP) is 4.71. The Kier molecular flexibility index (Phi) is 5.21. The summed E-state index contributed by atoms with van der Waals surface area (Å²) < 4.78 is 5.42. The molecule has 0 heterocycles. The van der Waals surface area contributed by atoms with Crippen LogP contribution in [-0.4, -0.2) is 13.2 Å². The van der Waals surface area contributed by atoms with Crippen LogP contribution in [0.25, 0.3) is 0 Å². The molecule has 3 atom stereocenters. The van der Waals surface area contributed by atoms with E-state index in [9.17, 15) is 0 Å². The zero-order valence-electron chi connectivity index (χ0n) is 13.7. The second kappa shape index (κ2) is 6.58. The molecule has 2 rings (SSSR count). The molecule has 1 aromatic carbocycles. The van der Waals surface area contributed by atoms with Crippen molar-refractivity contribution >= 4 is 11.6 Å². The van der Waals surface area contributed by atoms with E-state index in [0.29, 0.717) is 10.9 Å². The molecule has 0 bridgehead atoms. The van der Waals surface area contributed by atoms with E-state index in [1.807, 2.05) is 0 Å². The molecule has 118 valence electrons. The normalized spacial score (nSPS) is 28.3.